The van der Waals surface area contributed by atoms with Crippen LogP contribution in [0.5, 0.6) is 5.75 Å². The number of hydrogen-bond donors (Lipinski definition) is 0. The normalized spacial score (nSPS) is 11.2. The van der Waals surface area contributed by atoms with E-state index in [4.69, 9.17) is 4.74 Å². The number of carbonyl (C=O) groups excluding carboxylic acids is 1. The van der Waals surface area contributed by atoms with E-state index in [1.54, 1.807) is 9.20 Å². The van der Waals surface area contributed by atoms with Crippen molar-refractivity contribution in [3.63, 3.8) is 0 Å². The maximum absolute atomic E-state index is 12.2. The molecule has 8 heteroatoms. The number of carbonyl (C=O) groups is 1. The molecule has 0 aliphatic carbocycles. The molecule has 0 N–H and O–H groups in total. The standard InChI is InChI=1S/C16H20N6O2/c1-9-13(11(3)22-16(19-9)17-8-18-22)6-7-14(23)24-15-10(2)20-21(5)12(15)4/h8H,6-7H2,1-5H3. The summed E-state index contributed by atoms with van der Waals surface area (Å²) in [7, 11) is 1.82. The second-order valence-corrected chi connectivity index (χ2v) is 5.83. The Morgan fingerprint density at radius 1 is 1.17 bits per heavy atom. The molecule has 0 atom stereocenters. The molecule has 3 aromatic rings. The molecule has 0 unspecified atom stereocenters. The van der Waals surface area contributed by atoms with Gasteiger partial charge in [0.1, 0.15) is 12.0 Å². The largest absolute Gasteiger partial charge is 0.423 e. The molecule has 3 rings (SSSR count). The highest BCUT2D eigenvalue weighted by molar-refractivity contribution is 5.73. The van der Waals surface area contributed by atoms with E-state index in [1.165, 1.54) is 6.33 Å². The lowest BCUT2D eigenvalue weighted by molar-refractivity contribution is -0.134. The van der Waals surface area contributed by atoms with E-state index in [2.05, 4.69) is 20.2 Å². The van der Waals surface area contributed by atoms with Crippen molar-refractivity contribution in [1.29, 1.82) is 0 Å². The van der Waals surface area contributed by atoms with Gasteiger partial charge in [-0.3, -0.25) is 9.48 Å². The van der Waals surface area contributed by atoms with Gasteiger partial charge in [-0.2, -0.15) is 15.2 Å². The van der Waals surface area contributed by atoms with Crippen molar-refractivity contribution in [3.8, 4) is 5.75 Å². The molecule has 0 spiro atoms. The third kappa shape index (κ3) is 2.75. The molecule has 0 amide bonds. The molecule has 0 saturated carbocycles. The number of esters is 1. The van der Waals surface area contributed by atoms with E-state index < -0.39 is 0 Å². The summed E-state index contributed by atoms with van der Waals surface area (Å²) < 4.78 is 8.88. The molecule has 0 aromatic carbocycles. The van der Waals surface area contributed by atoms with E-state index in [1.807, 2.05) is 34.7 Å². The van der Waals surface area contributed by atoms with Crippen molar-refractivity contribution in [3.05, 3.63) is 34.7 Å². The van der Waals surface area contributed by atoms with Crippen LogP contribution in [0.25, 0.3) is 5.78 Å². The summed E-state index contributed by atoms with van der Waals surface area (Å²) in [6, 6.07) is 0. The van der Waals surface area contributed by atoms with Crippen LogP contribution >= 0.6 is 0 Å². The molecule has 3 aromatic heterocycles. The van der Waals surface area contributed by atoms with Crippen LogP contribution in [-0.2, 0) is 18.3 Å². The summed E-state index contributed by atoms with van der Waals surface area (Å²) in [6.07, 6.45) is 2.27. The maximum atomic E-state index is 12.2. The first-order valence-corrected chi connectivity index (χ1v) is 7.75. The fourth-order valence-corrected chi connectivity index (χ4v) is 2.81. The molecule has 126 valence electrons. The zero-order valence-corrected chi connectivity index (χ0v) is 14.5. The van der Waals surface area contributed by atoms with Gasteiger partial charge < -0.3 is 4.74 Å². The van der Waals surface area contributed by atoms with Crippen molar-refractivity contribution in [2.75, 3.05) is 0 Å². The lowest BCUT2D eigenvalue weighted by atomic mass is 10.1. The van der Waals surface area contributed by atoms with Crippen LogP contribution in [0.4, 0.5) is 0 Å². The molecule has 0 radical (unpaired) electrons. The van der Waals surface area contributed by atoms with E-state index in [-0.39, 0.29) is 12.4 Å². The fraction of sp³-hybridized carbons (Fsp3) is 0.438. The predicted octanol–water partition coefficient (Wildman–Crippen LogP) is 1.63. The summed E-state index contributed by atoms with van der Waals surface area (Å²) in [5, 5.41) is 8.41. The van der Waals surface area contributed by atoms with Crippen molar-refractivity contribution in [2.24, 2.45) is 7.05 Å². The molecule has 0 aliphatic heterocycles. The average Bonchev–Trinajstić information content (AvgIpc) is 3.07. The molecule has 24 heavy (non-hydrogen) atoms. The SMILES string of the molecule is Cc1nc2ncnn2c(C)c1CCC(=O)Oc1c(C)nn(C)c1C. The molecular formula is C16H20N6O2. The molecule has 0 bridgehead atoms. The molecule has 8 nitrogen and oxygen atoms in total. The minimum atomic E-state index is -0.285. The number of aryl methyl sites for hydroxylation is 4. The molecule has 3 heterocycles. The smallest absolute Gasteiger partial charge is 0.311 e. The van der Waals surface area contributed by atoms with Crippen molar-refractivity contribution >= 4 is 11.7 Å². The lowest BCUT2D eigenvalue weighted by Crippen LogP contribution is -2.13. The first-order valence-electron chi connectivity index (χ1n) is 7.75. The zero-order valence-electron chi connectivity index (χ0n) is 14.5. The van der Waals surface area contributed by atoms with E-state index in [9.17, 15) is 4.79 Å². The fourth-order valence-electron chi connectivity index (χ4n) is 2.81. The van der Waals surface area contributed by atoms with Gasteiger partial charge in [0.25, 0.3) is 5.78 Å². The minimum Gasteiger partial charge on any atom is -0.423 e. The molecular weight excluding hydrogens is 308 g/mol. The Morgan fingerprint density at radius 2 is 1.92 bits per heavy atom. The average molecular weight is 328 g/mol. The van der Waals surface area contributed by atoms with Gasteiger partial charge in [0.05, 0.1) is 12.1 Å². The Kier molecular flexibility index (Phi) is 4.04. The van der Waals surface area contributed by atoms with Crippen LogP contribution in [0.3, 0.4) is 0 Å². The summed E-state index contributed by atoms with van der Waals surface area (Å²) in [5.74, 6) is 0.824. The highest BCUT2D eigenvalue weighted by Crippen LogP contribution is 2.22. The second-order valence-electron chi connectivity index (χ2n) is 5.83. The van der Waals surface area contributed by atoms with Gasteiger partial charge in [-0.05, 0) is 39.7 Å². The highest BCUT2D eigenvalue weighted by atomic mass is 16.5. The van der Waals surface area contributed by atoms with Crippen molar-refractivity contribution < 1.29 is 9.53 Å². The van der Waals surface area contributed by atoms with E-state index >= 15 is 0 Å². The highest BCUT2D eigenvalue weighted by Gasteiger charge is 2.17. The van der Waals surface area contributed by atoms with Gasteiger partial charge in [0.15, 0.2) is 5.75 Å². The van der Waals surface area contributed by atoms with Crippen molar-refractivity contribution in [2.45, 2.75) is 40.5 Å². The third-order valence-electron chi connectivity index (χ3n) is 4.23. The summed E-state index contributed by atoms with van der Waals surface area (Å²) in [4.78, 5) is 20.7. The maximum Gasteiger partial charge on any atom is 0.311 e. The first-order chi connectivity index (χ1) is 11.4. The number of ether oxygens (including phenoxy) is 1. The number of hydrogen-bond acceptors (Lipinski definition) is 6. The van der Waals surface area contributed by atoms with Gasteiger partial charge in [-0.15, -0.1) is 0 Å². The molecule has 0 saturated heterocycles. The number of nitrogens with zero attached hydrogens (tertiary/aromatic N) is 6. The number of fused-ring (bicyclic) bond motifs is 1. The van der Waals surface area contributed by atoms with Crippen LogP contribution in [0.2, 0.25) is 0 Å². The van der Waals surface area contributed by atoms with E-state index in [0.29, 0.717) is 23.6 Å². The Balaban J connectivity index is 1.75. The Hall–Kier alpha value is -2.77. The third-order valence-corrected chi connectivity index (χ3v) is 4.23. The first kappa shape index (κ1) is 16.1. The monoisotopic (exact) mass is 328 g/mol. The predicted molar refractivity (Wildman–Crippen MR) is 86.9 cm³/mol. The van der Waals surface area contributed by atoms with Crippen LogP contribution in [-0.4, -0.2) is 35.3 Å². The lowest BCUT2D eigenvalue weighted by Gasteiger charge is -2.10. The Morgan fingerprint density at radius 3 is 2.58 bits per heavy atom. The van der Waals surface area contributed by atoms with Crippen LogP contribution in [0, 0.1) is 27.7 Å². The Bertz CT molecular complexity index is 924. The van der Waals surface area contributed by atoms with Gasteiger partial charge in [0.2, 0.25) is 0 Å². The van der Waals surface area contributed by atoms with Crippen LogP contribution in [0.15, 0.2) is 6.33 Å². The molecule has 0 fully saturated rings. The van der Waals surface area contributed by atoms with Crippen molar-refractivity contribution in [1.82, 2.24) is 29.4 Å². The number of aromatic nitrogens is 6. The van der Waals surface area contributed by atoms with E-state index in [0.717, 1.165) is 22.6 Å². The summed E-state index contributed by atoms with van der Waals surface area (Å²) in [5.41, 5.74) is 4.33. The molecule has 0 aliphatic rings. The van der Waals surface area contributed by atoms with Crippen LogP contribution in [0.1, 0.15) is 34.8 Å². The van der Waals surface area contributed by atoms with Gasteiger partial charge in [-0.1, -0.05) is 0 Å². The Labute approximate surface area is 139 Å². The quantitative estimate of drug-likeness (QED) is 0.677. The summed E-state index contributed by atoms with van der Waals surface area (Å²) >= 11 is 0. The van der Waals surface area contributed by atoms with Gasteiger partial charge >= 0.3 is 5.97 Å². The number of rotatable bonds is 4. The van der Waals surface area contributed by atoms with Crippen LogP contribution < -0.4 is 4.74 Å². The van der Waals surface area contributed by atoms with Gasteiger partial charge in [0, 0.05) is 18.4 Å². The zero-order chi connectivity index (χ0) is 17.4. The topological polar surface area (TPSA) is 87.2 Å². The summed E-state index contributed by atoms with van der Waals surface area (Å²) in [6.45, 7) is 7.57. The minimum absolute atomic E-state index is 0.261. The van der Waals surface area contributed by atoms with Gasteiger partial charge in [-0.25, -0.2) is 9.50 Å². The second kappa shape index (κ2) is 6.03.